The minimum atomic E-state index is -0.642. The van der Waals surface area contributed by atoms with Gasteiger partial charge in [-0.1, -0.05) is 28.9 Å². The van der Waals surface area contributed by atoms with Gasteiger partial charge in [0.25, 0.3) is 0 Å². The maximum Gasteiger partial charge on any atom is 0.234 e. The number of carbonyl (C=O) groups excluding carboxylic acids is 1. The Bertz CT molecular complexity index is 609. The molecule has 1 N–H and O–H groups in total. The van der Waals surface area contributed by atoms with E-state index >= 15 is 0 Å². The van der Waals surface area contributed by atoms with E-state index in [2.05, 4.69) is 5.16 Å². The Kier molecular flexibility index (Phi) is 3.00. The Morgan fingerprint density at radius 3 is 2.74 bits per heavy atom. The van der Waals surface area contributed by atoms with E-state index in [-0.39, 0.29) is 18.9 Å². The zero-order chi connectivity index (χ0) is 13.4. The van der Waals surface area contributed by atoms with Crippen LogP contribution in [0.15, 0.2) is 34.9 Å². The summed E-state index contributed by atoms with van der Waals surface area (Å²) in [6, 6.07) is 8.85. The van der Waals surface area contributed by atoms with Crippen molar-refractivity contribution >= 4 is 23.4 Å². The van der Waals surface area contributed by atoms with Crippen LogP contribution >= 0.6 is 11.6 Å². The highest BCUT2D eigenvalue weighted by atomic mass is 35.5. The Labute approximate surface area is 114 Å². The number of aliphatic hydroxyl groups excluding tert-OH is 1. The van der Waals surface area contributed by atoms with Crippen molar-refractivity contribution in [1.82, 2.24) is 5.16 Å². The predicted octanol–water partition coefficient (Wildman–Crippen LogP) is 2.09. The number of halogens is 1. The lowest BCUT2D eigenvalue weighted by Gasteiger charge is -2.09. The summed E-state index contributed by atoms with van der Waals surface area (Å²) >= 11 is 5.82. The van der Waals surface area contributed by atoms with Gasteiger partial charge in [0.2, 0.25) is 11.8 Å². The molecule has 6 heteroatoms. The summed E-state index contributed by atoms with van der Waals surface area (Å²) in [7, 11) is 0. The highest BCUT2D eigenvalue weighted by molar-refractivity contribution is 6.30. The molecule has 2 aromatic rings. The molecule has 0 aliphatic carbocycles. The molecule has 1 aromatic carbocycles. The lowest BCUT2D eigenvalue weighted by molar-refractivity contribution is -0.117. The summed E-state index contributed by atoms with van der Waals surface area (Å²) in [5.41, 5.74) is 1.48. The molecule has 0 saturated carbocycles. The molecule has 98 valence electrons. The van der Waals surface area contributed by atoms with Crippen LogP contribution in [0.5, 0.6) is 0 Å². The van der Waals surface area contributed by atoms with E-state index < -0.39 is 6.10 Å². The van der Waals surface area contributed by atoms with Gasteiger partial charge in [0.05, 0.1) is 19.1 Å². The van der Waals surface area contributed by atoms with Crippen LogP contribution in [0.2, 0.25) is 5.02 Å². The van der Waals surface area contributed by atoms with E-state index in [4.69, 9.17) is 16.1 Å². The zero-order valence-electron chi connectivity index (χ0n) is 9.91. The SMILES string of the molecule is O=C1CC(O)CN1c1cc(-c2ccc(Cl)cc2)no1. The average Bonchev–Trinajstić information content (AvgIpc) is 2.97. The molecule has 0 radical (unpaired) electrons. The van der Waals surface area contributed by atoms with E-state index in [1.54, 1.807) is 18.2 Å². The Hall–Kier alpha value is -1.85. The maximum absolute atomic E-state index is 11.6. The molecule has 1 fully saturated rings. The first-order valence-electron chi connectivity index (χ1n) is 5.84. The molecular formula is C13H11ClN2O3. The van der Waals surface area contributed by atoms with Gasteiger partial charge in [0.15, 0.2) is 0 Å². The van der Waals surface area contributed by atoms with Crippen molar-refractivity contribution in [3.05, 3.63) is 35.4 Å². The van der Waals surface area contributed by atoms with Crippen molar-refractivity contribution < 1.29 is 14.4 Å². The number of β-amino-alcohol motifs (C(OH)–C–C–N with tert-alkyl or cyclic N) is 1. The molecule has 1 unspecified atom stereocenters. The molecule has 1 atom stereocenters. The summed E-state index contributed by atoms with van der Waals surface area (Å²) in [6.07, 6.45) is -0.520. The second-order valence-electron chi connectivity index (χ2n) is 4.42. The molecule has 0 bridgehead atoms. The summed E-state index contributed by atoms with van der Waals surface area (Å²) in [6.45, 7) is 0.244. The second-order valence-corrected chi connectivity index (χ2v) is 4.86. The minimum absolute atomic E-state index is 0.122. The Morgan fingerprint density at radius 2 is 2.11 bits per heavy atom. The number of aliphatic hydroxyl groups is 1. The summed E-state index contributed by atoms with van der Waals surface area (Å²) in [4.78, 5) is 13.0. The van der Waals surface area contributed by atoms with Gasteiger partial charge < -0.3 is 9.63 Å². The topological polar surface area (TPSA) is 66.6 Å². The largest absolute Gasteiger partial charge is 0.391 e. The van der Waals surface area contributed by atoms with Crippen LogP contribution < -0.4 is 4.90 Å². The molecule has 1 aliphatic heterocycles. The van der Waals surface area contributed by atoms with E-state index in [9.17, 15) is 9.90 Å². The number of nitrogens with zero attached hydrogens (tertiary/aromatic N) is 2. The van der Waals surface area contributed by atoms with Gasteiger partial charge in [-0.2, -0.15) is 0 Å². The monoisotopic (exact) mass is 278 g/mol. The molecule has 1 aliphatic rings. The molecule has 3 rings (SSSR count). The summed E-state index contributed by atoms with van der Waals surface area (Å²) in [5, 5.41) is 14.0. The van der Waals surface area contributed by atoms with Gasteiger partial charge >= 0.3 is 0 Å². The molecule has 1 aromatic heterocycles. The maximum atomic E-state index is 11.6. The van der Waals surface area contributed by atoms with Gasteiger partial charge in [-0.25, -0.2) is 0 Å². The number of hydrogen-bond acceptors (Lipinski definition) is 4. The van der Waals surface area contributed by atoms with Crippen molar-refractivity contribution in [3.63, 3.8) is 0 Å². The molecule has 1 saturated heterocycles. The molecule has 5 nitrogen and oxygen atoms in total. The smallest absolute Gasteiger partial charge is 0.234 e. The highest BCUT2D eigenvalue weighted by Gasteiger charge is 2.31. The molecular weight excluding hydrogens is 268 g/mol. The first-order valence-corrected chi connectivity index (χ1v) is 6.22. The molecule has 2 heterocycles. The molecule has 1 amide bonds. The number of rotatable bonds is 2. The molecule has 0 spiro atoms. The Morgan fingerprint density at radius 1 is 1.37 bits per heavy atom. The van der Waals surface area contributed by atoms with Crippen molar-refractivity contribution in [2.24, 2.45) is 0 Å². The van der Waals surface area contributed by atoms with Crippen molar-refractivity contribution in [2.75, 3.05) is 11.4 Å². The number of hydrogen-bond donors (Lipinski definition) is 1. The summed E-state index contributed by atoms with van der Waals surface area (Å²) in [5.74, 6) is 0.192. The van der Waals surface area contributed by atoms with E-state index in [0.29, 0.717) is 16.6 Å². The highest BCUT2D eigenvalue weighted by Crippen LogP contribution is 2.27. The van der Waals surface area contributed by atoms with Crippen LogP contribution in [-0.2, 0) is 4.79 Å². The molecule has 19 heavy (non-hydrogen) atoms. The van der Waals surface area contributed by atoms with E-state index in [0.717, 1.165) is 5.56 Å². The number of amides is 1. The average molecular weight is 279 g/mol. The minimum Gasteiger partial charge on any atom is -0.391 e. The zero-order valence-corrected chi connectivity index (χ0v) is 10.7. The lowest BCUT2D eigenvalue weighted by Crippen LogP contribution is -2.24. The first-order chi connectivity index (χ1) is 9.13. The fraction of sp³-hybridized carbons (Fsp3) is 0.231. The number of benzene rings is 1. The third-order valence-corrected chi connectivity index (χ3v) is 3.26. The van der Waals surface area contributed by atoms with Crippen LogP contribution in [0, 0.1) is 0 Å². The van der Waals surface area contributed by atoms with Crippen LogP contribution in [0.3, 0.4) is 0 Å². The predicted molar refractivity (Wildman–Crippen MR) is 69.9 cm³/mol. The standard InChI is InChI=1S/C13H11ClN2O3/c14-9-3-1-8(2-4-9)11-6-13(19-15-11)16-7-10(17)5-12(16)18/h1-4,6,10,17H,5,7H2. The number of carbonyl (C=O) groups is 1. The van der Waals surface area contributed by atoms with Crippen molar-refractivity contribution in [3.8, 4) is 11.3 Å². The third kappa shape index (κ3) is 2.34. The quantitative estimate of drug-likeness (QED) is 0.913. The van der Waals surface area contributed by atoms with Crippen LogP contribution in [-0.4, -0.2) is 28.8 Å². The third-order valence-electron chi connectivity index (χ3n) is 3.01. The summed E-state index contributed by atoms with van der Waals surface area (Å²) < 4.78 is 5.16. The van der Waals surface area contributed by atoms with E-state index in [1.807, 2.05) is 12.1 Å². The first kappa shape index (κ1) is 12.2. The van der Waals surface area contributed by atoms with Crippen molar-refractivity contribution in [2.45, 2.75) is 12.5 Å². The fourth-order valence-electron chi connectivity index (χ4n) is 2.05. The fourth-order valence-corrected chi connectivity index (χ4v) is 2.18. The van der Waals surface area contributed by atoms with Crippen LogP contribution in [0.4, 0.5) is 5.88 Å². The van der Waals surface area contributed by atoms with E-state index in [1.165, 1.54) is 4.90 Å². The van der Waals surface area contributed by atoms with Gasteiger partial charge in [-0.05, 0) is 12.1 Å². The normalized spacial score (nSPS) is 19.2. The Balaban J connectivity index is 1.87. The van der Waals surface area contributed by atoms with Gasteiger partial charge in [0.1, 0.15) is 5.69 Å². The number of aromatic nitrogens is 1. The van der Waals surface area contributed by atoms with Crippen LogP contribution in [0.25, 0.3) is 11.3 Å². The van der Waals surface area contributed by atoms with Crippen LogP contribution in [0.1, 0.15) is 6.42 Å². The van der Waals surface area contributed by atoms with Gasteiger partial charge in [-0.15, -0.1) is 0 Å². The lowest BCUT2D eigenvalue weighted by atomic mass is 10.1. The van der Waals surface area contributed by atoms with Gasteiger partial charge in [0, 0.05) is 16.7 Å². The van der Waals surface area contributed by atoms with Crippen molar-refractivity contribution in [1.29, 1.82) is 0 Å². The number of anilines is 1. The second kappa shape index (κ2) is 4.68. The van der Waals surface area contributed by atoms with Gasteiger partial charge in [-0.3, -0.25) is 9.69 Å².